The van der Waals surface area contributed by atoms with E-state index in [4.69, 9.17) is 0 Å². The van der Waals surface area contributed by atoms with Gasteiger partial charge in [-0.25, -0.2) is 0 Å². The number of benzene rings is 2. The van der Waals surface area contributed by atoms with Crippen LogP contribution in [0.2, 0.25) is 0 Å². The van der Waals surface area contributed by atoms with Crippen LogP contribution in [0, 0.1) is 13.8 Å². The average molecular weight is 395 g/mol. The van der Waals surface area contributed by atoms with Crippen LogP contribution in [0.4, 0.5) is 11.4 Å². The molecule has 28 heavy (non-hydrogen) atoms. The molecular formula is C20H21N5O2S. The summed E-state index contributed by atoms with van der Waals surface area (Å²) in [7, 11) is 0. The van der Waals surface area contributed by atoms with Crippen LogP contribution in [0.25, 0.3) is 5.69 Å². The lowest BCUT2D eigenvalue weighted by molar-refractivity contribution is -0.114. The highest BCUT2D eigenvalue weighted by atomic mass is 32.2. The molecule has 8 heteroatoms. The molecule has 3 rings (SSSR count). The van der Waals surface area contributed by atoms with E-state index >= 15 is 0 Å². The van der Waals surface area contributed by atoms with Gasteiger partial charge in [-0.15, -0.1) is 10.2 Å². The van der Waals surface area contributed by atoms with Crippen molar-refractivity contribution in [2.24, 2.45) is 0 Å². The summed E-state index contributed by atoms with van der Waals surface area (Å²) < 4.78 is 1.88. The molecule has 2 amide bonds. The van der Waals surface area contributed by atoms with Gasteiger partial charge in [0.15, 0.2) is 5.16 Å². The molecule has 0 saturated carbocycles. The fourth-order valence-electron chi connectivity index (χ4n) is 2.77. The van der Waals surface area contributed by atoms with Crippen molar-refractivity contribution in [2.45, 2.75) is 25.9 Å². The minimum atomic E-state index is -0.167. The van der Waals surface area contributed by atoms with Crippen LogP contribution in [-0.2, 0) is 9.59 Å². The molecular weight excluding hydrogens is 374 g/mol. The second-order valence-corrected chi connectivity index (χ2v) is 7.31. The molecule has 0 bridgehead atoms. The Balaban J connectivity index is 1.65. The zero-order valence-corrected chi connectivity index (χ0v) is 16.7. The Morgan fingerprint density at radius 2 is 1.82 bits per heavy atom. The Labute approximate surface area is 167 Å². The van der Waals surface area contributed by atoms with E-state index in [1.165, 1.54) is 24.2 Å². The summed E-state index contributed by atoms with van der Waals surface area (Å²) in [5, 5.41) is 14.3. The number of rotatable bonds is 6. The number of amides is 2. The van der Waals surface area contributed by atoms with Gasteiger partial charge < -0.3 is 10.6 Å². The molecule has 3 aromatic rings. The van der Waals surface area contributed by atoms with Crippen molar-refractivity contribution in [2.75, 3.05) is 16.4 Å². The molecule has 0 fully saturated rings. The van der Waals surface area contributed by atoms with E-state index in [0.29, 0.717) is 16.5 Å². The molecule has 0 unspecified atom stereocenters. The third-order valence-corrected chi connectivity index (χ3v) is 4.87. The minimum Gasteiger partial charge on any atom is -0.326 e. The van der Waals surface area contributed by atoms with E-state index < -0.39 is 0 Å². The quantitative estimate of drug-likeness (QED) is 0.623. The normalized spacial score (nSPS) is 10.5. The monoisotopic (exact) mass is 395 g/mol. The number of hydrogen-bond donors (Lipinski definition) is 2. The zero-order valence-electron chi connectivity index (χ0n) is 15.9. The van der Waals surface area contributed by atoms with Crippen LogP contribution in [0.1, 0.15) is 18.1 Å². The topological polar surface area (TPSA) is 88.9 Å². The third kappa shape index (κ3) is 4.98. The summed E-state index contributed by atoms with van der Waals surface area (Å²) in [6, 6.07) is 13.2. The van der Waals surface area contributed by atoms with E-state index in [0.717, 1.165) is 11.3 Å². The molecule has 0 radical (unpaired) electrons. The van der Waals surface area contributed by atoms with Gasteiger partial charge in [0, 0.05) is 18.3 Å². The lowest BCUT2D eigenvalue weighted by Gasteiger charge is -2.10. The predicted molar refractivity (Wildman–Crippen MR) is 111 cm³/mol. The van der Waals surface area contributed by atoms with E-state index in [1.807, 2.05) is 30.5 Å². The summed E-state index contributed by atoms with van der Waals surface area (Å²) in [5.74, 6) is -0.140. The van der Waals surface area contributed by atoms with E-state index in [9.17, 15) is 9.59 Å². The molecule has 0 saturated heterocycles. The second kappa shape index (κ2) is 8.71. The fourth-order valence-corrected chi connectivity index (χ4v) is 3.49. The lowest BCUT2D eigenvalue weighted by Crippen LogP contribution is -2.15. The van der Waals surface area contributed by atoms with Crippen molar-refractivity contribution in [3.8, 4) is 5.69 Å². The second-order valence-electron chi connectivity index (χ2n) is 6.37. The van der Waals surface area contributed by atoms with Crippen molar-refractivity contribution in [1.82, 2.24) is 14.8 Å². The first-order chi connectivity index (χ1) is 13.4. The minimum absolute atomic E-state index is 0.162. The number of nitrogens with zero attached hydrogens (tertiary/aromatic N) is 3. The van der Waals surface area contributed by atoms with Gasteiger partial charge in [-0.05, 0) is 43.7 Å². The fraction of sp³-hybridized carbons (Fsp3) is 0.200. The standard InChI is InChI=1S/C20H21N5O2S/c1-13-7-8-18(14(2)9-13)25-12-21-24-20(25)28-11-19(27)23-17-6-4-5-16(10-17)22-15(3)26/h4-10,12H,11H2,1-3H3,(H,22,26)(H,23,27). The molecule has 2 N–H and O–H groups in total. The Morgan fingerprint density at radius 1 is 1.07 bits per heavy atom. The van der Waals surface area contributed by atoms with Crippen LogP contribution >= 0.6 is 11.8 Å². The average Bonchev–Trinajstić information content (AvgIpc) is 3.08. The van der Waals surface area contributed by atoms with Gasteiger partial charge in [0.2, 0.25) is 11.8 Å². The van der Waals surface area contributed by atoms with Crippen molar-refractivity contribution in [1.29, 1.82) is 0 Å². The molecule has 7 nitrogen and oxygen atoms in total. The highest BCUT2D eigenvalue weighted by molar-refractivity contribution is 7.99. The van der Waals surface area contributed by atoms with Gasteiger partial charge in [0.05, 0.1) is 11.4 Å². The van der Waals surface area contributed by atoms with E-state index in [1.54, 1.807) is 30.6 Å². The number of carbonyl (C=O) groups is 2. The number of aryl methyl sites for hydroxylation is 2. The first kappa shape index (κ1) is 19.6. The predicted octanol–water partition coefficient (Wildman–Crippen LogP) is 3.57. The molecule has 2 aromatic carbocycles. The molecule has 144 valence electrons. The van der Waals surface area contributed by atoms with Gasteiger partial charge in [-0.1, -0.05) is 35.5 Å². The largest absolute Gasteiger partial charge is 0.326 e. The van der Waals surface area contributed by atoms with Crippen molar-refractivity contribution >= 4 is 35.0 Å². The number of thioether (sulfide) groups is 1. The summed E-state index contributed by atoms with van der Waals surface area (Å²) >= 11 is 1.31. The highest BCUT2D eigenvalue weighted by Crippen LogP contribution is 2.23. The summed E-state index contributed by atoms with van der Waals surface area (Å²) in [4.78, 5) is 23.5. The molecule has 0 aliphatic rings. The molecule has 0 atom stereocenters. The first-order valence-corrected chi connectivity index (χ1v) is 9.69. The number of aromatic nitrogens is 3. The molecule has 0 spiro atoms. The number of hydrogen-bond acceptors (Lipinski definition) is 5. The molecule has 0 aliphatic carbocycles. The van der Waals surface area contributed by atoms with Crippen LogP contribution in [-0.4, -0.2) is 32.3 Å². The molecule has 1 aromatic heterocycles. The van der Waals surface area contributed by atoms with Crippen LogP contribution in [0.5, 0.6) is 0 Å². The Kier molecular flexibility index (Phi) is 6.10. The van der Waals surface area contributed by atoms with E-state index in [-0.39, 0.29) is 17.6 Å². The number of nitrogens with one attached hydrogen (secondary N) is 2. The lowest BCUT2D eigenvalue weighted by atomic mass is 10.1. The smallest absolute Gasteiger partial charge is 0.234 e. The van der Waals surface area contributed by atoms with Gasteiger partial charge in [-0.2, -0.15) is 0 Å². The maximum atomic E-state index is 12.3. The summed E-state index contributed by atoms with van der Waals surface area (Å²) in [6.07, 6.45) is 1.65. The first-order valence-electron chi connectivity index (χ1n) is 8.70. The van der Waals surface area contributed by atoms with Crippen LogP contribution in [0.3, 0.4) is 0 Å². The van der Waals surface area contributed by atoms with Crippen LogP contribution in [0.15, 0.2) is 53.9 Å². The molecule has 0 aliphatic heterocycles. The highest BCUT2D eigenvalue weighted by Gasteiger charge is 2.12. The van der Waals surface area contributed by atoms with Crippen LogP contribution < -0.4 is 10.6 Å². The van der Waals surface area contributed by atoms with Gasteiger partial charge >= 0.3 is 0 Å². The Hall–Kier alpha value is -3.13. The maximum absolute atomic E-state index is 12.3. The van der Waals surface area contributed by atoms with Gasteiger partial charge in [0.1, 0.15) is 6.33 Å². The van der Waals surface area contributed by atoms with Gasteiger partial charge in [0.25, 0.3) is 0 Å². The van der Waals surface area contributed by atoms with Crippen molar-refractivity contribution in [3.05, 3.63) is 59.9 Å². The Bertz CT molecular complexity index is 1020. The maximum Gasteiger partial charge on any atom is 0.234 e. The SMILES string of the molecule is CC(=O)Nc1cccc(NC(=O)CSc2nncn2-c2ccc(C)cc2C)c1. The van der Waals surface area contributed by atoms with Crippen molar-refractivity contribution in [3.63, 3.8) is 0 Å². The summed E-state index contributed by atoms with van der Waals surface area (Å²) in [6.45, 7) is 5.52. The molecule has 1 heterocycles. The van der Waals surface area contributed by atoms with Crippen molar-refractivity contribution < 1.29 is 9.59 Å². The Morgan fingerprint density at radius 3 is 2.54 bits per heavy atom. The number of anilines is 2. The van der Waals surface area contributed by atoms with Gasteiger partial charge in [-0.3, -0.25) is 14.2 Å². The zero-order chi connectivity index (χ0) is 20.1. The third-order valence-electron chi connectivity index (χ3n) is 3.93. The van der Waals surface area contributed by atoms with E-state index in [2.05, 4.69) is 26.9 Å². The number of carbonyl (C=O) groups excluding carboxylic acids is 2. The summed E-state index contributed by atoms with van der Waals surface area (Å²) in [5.41, 5.74) is 4.53.